The molecule has 1 atom stereocenters. The fraction of sp³-hybridized carbons (Fsp3) is 0.348. The van der Waals surface area contributed by atoms with Crippen LogP contribution >= 0.6 is 0 Å². The van der Waals surface area contributed by atoms with Gasteiger partial charge in [-0.15, -0.1) is 10.2 Å². The van der Waals surface area contributed by atoms with Crippen molar-refractivity contribution in [1.29, 1.82) is 0 Å². The Morgan fingerprint density at radius 3 is 2.67 bits per heavy atom. The Hall–Kier alpha value is -3.79. The summed E-state index contributed by atoms with van der Waals surface area (Å²) in [7, 11) is 0. The van der Waals surface area contributed by atoms with Crippen molar-refractivity contribution in [2.75, 3.05) is 26.2 Å². The van der Waals surface area contributed by atoms with Gasteiger partial charge < -0.3 is 14.7 Å². The minimum atomic E-state index is -0.258. The molecule has 10 heteroatoms. The van der Waals surface area contributed by atoms with Crippen LogP contribution in [0.25, 0.3) is 17.0 Å². The first kappa shape index (κ1) is 21.1. The Morgan fingerprint density at radius 2 is 1.88 bits per heavy atom. The van der Waals surface area contributed by atoms with Crippen molar-refractivity contribution < 1.29 is 9.32 Å². The van der Waals surface area contributed by atoms with E-state index in [9.17, 15) is 4.79 Å². The predicted molar refractivity (Wildman–Crippen MR) is 121 cm³/mol. The number of carbonyl (C=O) groups is 1. The second kappa shape index (κ2) is 8.99. The van der Waals surface area contributed by atoms with Gasteiger partial charge in [0, 0.05) is 37.9 Å². The zero-order chi connectivity index (χ0) is 22.8. The summed E-state index contributed by atoms with van der Waals surface area (Å²) >= 11 is 0. The molecule has 1 aliphatic rings. The van der Waals surface area contributed by atoms with Crippen molar-refractivity contribution >= 4 is 11.7 Å². The van der Waals surface area contributed by atoms with E-state index < -0.39 is 0 Å². The average Bonchev–Trinajstić information content (AvgIpc) is 3.47. The summed E-state index contributed by atoms with van der Waals surface area (Å²) in [5.74, 6) is 1.88. The topological polar surface area (TPSA) is 105 Å². The number of fused-ring (bicyclic) bond motifs is 1. The van der Waals surface area contributed by atoms with Crippen molar-refractivity contribution in [3.05, 3.63) is 65.9 Å². The second-order valence-corrected chi connectivity index (χ2v) is 8.30. The minimum Gasteiger partial charge on any atom is -0.338 e. The number of hydrogen-bond acceptors (Lipinski definition) is 7. The van der Waals surface area contributed by atoms with Gasteiger partial charge in [0.05, 0.1) is 12.6 Å². The van der Waals surface area contributed by atoms with Crippen LogP contribution < -0.4 is 5.32 Å². The Bertz CT molecular complexity index is 1240. The van der Waals surface area contributed by atoms with Crippen LogP contribution in [0.2, 0.25) is 0 Å². The van der Waals surface area contributed by atoms with Gasteiger partial charge in [-0.2, -0.15) is 4.98 Å². The SMILES string of the molecule is Cc1ccc(-c2noc(CN3CCN(C(=O)NC(C)c4nnc5ccccn45)CC3)n2)cc1. The number of nitrogens with one attached hydrogen (secondary N) is 1. The molecule has 1 aliphatic heterocycles. The molecule has 0 aliphatic carbocycles. The molecule has 33 heavy (non-hydrogen) atoms. The van der Waals surface area contributed by atoms with Crippen LogP contribution in [0.4, 0.5) is 4.79 Å². The fourth-order valence-corrected chi connectivity index (χ4v) is 3.94. The highest BCUT2D eigenvalue weighted by Gasteiger charge is 2.25. The summed E-state index contributed by atoms with van der Waals surface area (Å²) in [5.41, 5.74) is 2.88. The monoisotopic (exact) mass is 446 g/mol. The summed E-state index contributed by atoms with van der Waals surface area (Å²) in [6.45, 7) is 7.24. The van der Waals surface area contributed by atoms with E-state index in [1.165, 1.54) is 5.56 Å². The van der Waals surface area contributed by atoms with Gasteiger partial charge in [-0.1, -0.05) is 41.1 Å². The van der Waals surface area contributed by atoms with E-state index in [1.807, 2.05) is 71.8 Å². The molecule has 170 valence electrons. The zero-order valence-corrected chi connectivity index (χ0v) is 18.7. The molecule has 4 aromatic rings. The van der Waals surface area contributed by atoms with E-state index >= 15 is 0 Å². The lowest BCUT2D eigenvalue weighted by Crippen LogP contribution is -2.51. The molecule has 2 amide bonds. The molecule has 0 radical (unpaired) electrons. The lowest BCUT2D eigenvalue weighted by atomic mass is 10.1. The highest BCUT2D eigenvalue weighted by atomic mass is 16.5. The first-order chi connectivity index (χ1) is 16.1. The molecular formula is C23H26N8O2. The second-order valence-electron chi connectivity index (χ2n) is 8.30. The Balaban J connectivity index is 1.13. The quantitative estimate of drug-likeness (QED) is 0.502. The number of aryl methyl sites for hydroxylation is 1. The normalized spacial score (nSPS) is 15.6. The molecule has 1 N–H and O–H groups in total. The van der Waals surface area contributed by atoms with Crippen LogP contribution in [-0.4, -0.2) is 66.7 Å². The number of benzene rings is 1. The van der Waals surface area contributed by atoms with Crippen LogP contribution in [0.15, 0.2) is 53.2 Å². The molecule has 3 aromatic heterocycles. The summed E-state index contributed by atoms with van der Waals surface area (Å²) in [5, 5.41) is 15.5. The Labute approximate surface area is 191 Å². The van der Waals surface area contributed by atoms with Crippen molar-refractivity contribution in [1.82, 2.24) is 39.9 Å². The van der Waals surface area contributed by atoms with Gasteiger partial charge in [0.25, 0.3) is 0 Å². The van der Waals surface area contributed by atoms with Crippen LogP contribution in [0, 0.1) is 6.92 Å². The first-order valence-corrected chi connectivity index (χ1v) is 11.0. The highest BCUT2D eigenvalue weighted by Crippen LogP contribution is 2.18. The summed E-state index contributed by atoms with van der Waals surface area (Å²) in [6, 6.07) is 13.4. The van der Waals surface area contributed by atoms with Crippen molar-refractivity contribution in [3.63, 3.8) is 0 Å². The largest absolute Gasteiger partial charge is 0.338 e. The third kappa shape index (κ3) is 4.56. The van der Waals surface area contributed by atoms with Crippen LogP contribution in [0.1, 0.15) is 30.2 Å². The predicted octanol–water partition coefficient (Wildman–Crippen LogP) is 2.68. The molecule has 1 unspecified atom stereocenters. The fourth-order valence-electron chi connectivity index (χ4n) is 3.94. The Morgan fingerprint density at radius 1 is 1.09 bits per heavy atom. The number of nitrogens with zero attached hydrogens (tertiary/aromatic N) is 7. The molecule has 0 saturated carbocycles. The van der Waals surface area contributed by atoms with E-state index in [4.69, 9.17) is 4.52 Å². The summed E-state index contributed by atoms with van der Waals surface area (Å²) in [4.78, 5) is 21.3. The third-order valence-electron chi connectivity index (χ3n) is 5.86. The highest BCUT2D eigenvalue weighted by molar-refractivity contribution is 5.74. The number of amides is 2. The molecule has 1 aromatic carbocycles. The maximum atomic E-state index is 12.8. The van der Waals surface area contributed by atoms with Crippen LogP contribution in [0.5, 0.6) is 0 Å². The van der Waals surface area contributed by atoms with Crippen LogP contribution in [-0.2, 0) is 6.54 Å². The lowest BCUT2D eigenvalue weighted by Gasteiger charge is -2.34. The smallest absolute Gasteiger partial charge is 0.318 e. The van der Waals surface area contributed by atoms with Crippen molar-refractivity contribution in [2.45, 2.75) is 26.4 Å². The number of carbonyl (C=O) groups excluding carboxylic acids is 1. The molecule has 0 spiro atoms. The number of aromatic nitrogens is 5. The van der Waals surface area contributed by atoms with Gasteiger partial charge in [-0.05, 0) is 26.0 Å². The van der Waals surface area contributed by atoms with Crippen LogP contribution in [0.3, 0.4) is 0 Å². The van der Waals surface area contributed by atoms with Gasteiger partial charge in [-0.3, -0.25) is 9.30 Å². The number of piperazine rings is 1. The molecule has 5 rings (SSSR count). The molecule has 0 bridgehead atoms. The van der Waals surface area contributed by atoms with E-state index in [0.717, 1.165) is 24.3 Å². The molecule has 1 fully saturated rings. The maximum absolute atomic E-state index is 12.8. The number of rotatable bonds is 5. The Kier molecular flexibility index (Phi) is 5.74. The van der Waals surface area contributed by atoms with Crippen molar-refractivity contribution in [3.8, 4) is 11.4 Å². The van der Waals surface area contributed by atoms with Gasteiger partial charge in [0.1, 0.15) is 0 Å². The van der Waals surface area contributed by atoms with Gasteiger partial charge in [-0.25, -0.2) is 4.79 Å². The molecular weight excluding hydrogens is 420 g/mol. The van der Waals surface area contributed by atoms with E-state index in [1.54, 1.807) is 0 Å². The van der Waals surface area contributed by atoms with Crippen molar-refractivity contribution in [2.24, 2.45) is 0 Å². The summed E-state index contributed by atoms with van der Waals surface area (Å²) in [6.07, 6.45) is 1.90. The maximum Gasteiger partial charge on any atom is 0.318 e. The number of hydrogen-bond donors (Lipinski definition) is 1. The standard InChI is InChI=1S/C23H26N8O2/c1-16-6-8-18(9-7-16)21-25-20(33-28-21)15-29-11-13-30(14-12-29)23(32)24-17(2)22-27-26-19-5-3-4-10-31(19)22/h3-10,17H,11-15H2,1-2H3,(H,24,32). The lowest BCUT2D eigenvalue weighted by molar-refractivity contribution is 0.125. The number of pyridine rings is 1. The number of urea groups is 1. The molecule has 4 heterocycles. The van der Waals surface area contributed by atoms with E-state index in [2.05, 4.69) is 30.6 Å². The molecule has 10 nitrogen and oxygen atoms in total. The zero-order valence-electron chi connectivity index (χ0n) is 18.7. The van der Waals surface area contributed by atoms with E-state index in [-0.39, 0.29) is 12.1 Å². The van der Waals surface area contributed by atoms with Gasteiger partial charge in [0.15, 0.2) is 11.5 Å². The first-order valence-electron chi connectivity index (χ1n) is 11.0. The van der Waals surface area contributed by atoms with Gasteiger partial charge >= 0.3 is 6.03 Å². The minimum absolute atomic E-state index is 0.103. The average molecular weight is 447 g/mol. The third-order valence-corrected chi connectivity index (χ3v) is 5.86. The summed E-state index contributed by atoms with van der Waals surface area (Å²) < 4.78 is 7.33. The molecule has 1 saturated heterocycles. The van der Waals surface area contributed by atoms with E-state index in [0.29, 0.717) is 37.2 Å². The van der Waals surface area contributed by atoms with Gasteiger partial charge in [0.2, 0.25) is 11.7 Å².